The molecule has 1 heterocycles. The summed E-state index contributed by atoms with van der Waals surface area (Å²) in [6.45, 7) is 10.5. The van der Waals surface area contributed by atoms with Crippen LogP contribution in [0.5, 0.6) is 0 Å². The van der Waals surface area contributed by atoms with Crippen LogP contribution < -0.4 is 5.32 Å². The number of piperazine rings is 1. The summed E-state index contributed by atoms with van der Waals surface area (Å²) in [7, 11) is 0. The molecule has 3 heteroatoms. The Morgan fingerprint density at radius 1 is 1.33 bits per heavy atom. The number of benzene rings is 1. The molecule has 1 atom stereocenters. The summed E-state index contributed by atoms with van der Waals surface area (Å²) in [4.78, 5) is 14.8. The van der Waals surface area contributed by atoms with Gasteiger partial charge in [-0.15, -0.1) is 0 Å². The van der Waals surface area contributed by atoms with Gasteiger partial charge in [0, 0.05) is 24.7 Å². The second-order valence-electron chi connectivity index (χ2n) is 7.23. The van der Waals surface area contributed by atoms with E-state index in [-0.39, 0.29) is 11.4 Å². The predicted molar refractivity (Wildman–Crippen MR) is 87.2 cm³/mol. The predicted octanol–water partition coefficient (Wildman–Crippen LogP) is 2.85. The summed E-state index contributed by atoms with van der Waals surface area (Å²) >= 11 is 0. The van der Waals surface area contributed by atoms with Crippen LogP contribution in [0.15, 0.2) is 30.3 Å². The maximum atomic E-state index is 12.7. The lowest BCUT2D eigenvalue weighted by molar-refractivity contribution is -0.135. The van der Waals surface area contributed by atoms with Crippen LogP contribution in [-0.4, -0.2) is 35.5 Å². The van der Waals surface area contributed by atoms with Gasteiger partial charge in [0.05, 0.1) is 6.42 Å². The van der Waals surface area contributed by atoms with Crippen molar-refractivity contribution >= 4 is 5.91 Å². The molecule has 1 unspecified atom stereocenters. The van der Waals surface area contributed by atoms with E-state index in [1.807, 2.05) is 30.3 Å². The van der Waals surface area contributed by atoms with Crippen molar-refractivity contribution in [3.63, 3.8) is 0 Å². The van der Waals surface area contributed by atoms with E-state index in [1.54, 1.807) is 0 Å². The molecule has 1 N–H and O–H groups in total. The van der Waals surface area contributed by atoms with E-state index >= 15 is 0 Å². The van der Waals surface area contributed by atoms with Gasteiger partial charge < -0.3 is 10.2 Å². The normalized spacial score (nSPS) is 21.6. The number of hydrogen-bond acceptors (Lipinski definition) is 2. The van der Waals surface area contributed by atoms with Gasteiger partial charge in [0.15, 0.2) is 0 Å². The van der Waals surface area contributed by atoms with Gasteiger partial charge in [-0.05, 0) is 31.7 Å². The average Bonchev–Trinajstić information content (AvgIpc) is 2.41. The Morgan fingerprint density at radius 3 is 2.62 bits per heavy atom. The molecule has 0 spiro atoms. The highest BCUT2D eigenvalue weighted by molar-refractivity contribution is 5.79. The zero-order valence-corrected chi connectivity index (χ0v) is 13.7. The second kappa shape index (κ2) is 6.61. The Hall–Kier alpha value is -1.35. The third-order valence-corrected chi connectivity index (χ3v) is 4.08. The molecular weight excluding hydrogens is 260 g/mol. The first-order valence-electron chi connectivity index (χ1n) is 7.96. The lowest BCUT2D eigenvalue weighted by Crippen LogP contribution is -2.63. The molecule has 116 valence electrons. The Balaban J connectivity index is 2.09. The Morgan fingerprint density at radius 2 is 2.00 bits per heavy atom. The van der Waals surface area contributed by atoms with Gasteiger partial charge in [0.2, 0.25) is 5.91 Å². The number of carbonyl (C=O) groups is 1. The molecule has 1 aliphatic heterocycles. The first kappa shape index (κ1) is 16.0. The van der Waals surface area contributed by atoms with Crippen LogP contribution in [-0.2, 0) is 11.2 Å². The van der Waals surface area contributed by atoms with Crippen molar-refractivity contribution in [3.05, 3.63) is 35.9 Å². The van der Waals surface area contributed by atoms with Crippen molar-refractivity contribution in [2.75, 3.05) is 13.1 Å². The Kier molecular flexibility index (Phi) is 5.04. The van der Waals surface area contributed by atoms with Crippen LogP contribution >= 0.6 is 0 Å². The molecule has 1 saturated heterocycles. The summed E-state index contributed by atoms with van der Waals surface area (Å²) in [6.07, 6.45) is 1.56. The zero-order chi connectivity index (χ0) is 15.5. The van der Waals surface area contributed by atoms with Gasteiger partial charge in [-0.1, -0.05) is 44.2 Å². The molecule has 0 bridgehead atoms. The van der Waals surface area contributed by atoms with Gasteiger partial charge in [-0.25, -0.2) is 0 Å². The number of hydrogen-bond donors (Lipinski definition) is 1. The largest absolute Gasteiger partial charge is 0.336 e. The van der Waals surface area contributed by atoms with Gasteiger partial charge in [-0.3, -0.25) is 4.79 Å². The maximum absolute atomic E-state index is 12.7. The quantitative estimate of drug-likeness (QED) is 0.924. The second-order valence-corrected chi connectivity index (χ2v) is 7.23. The third kappa shape index (κ3) is 4.57. The summed E-state index contributed by atoms with van der Waals surface area (Å²) in [5.74, 6) is 0.853. The van der Waals surface area contributed by atoms with Crippen molar-refractivity contribution in [1.82, 2.24) is 10.2 Å². The van der Waals surface area contributed by atoms with Crippen molar-refractivity contribution in [2.45, 2.75) is 52.1 Å². The molecule has 0 radical (unpaired) electrons. The van der Waals surface area contributed by atoms with E-state index < -0.39 is 0 Å². The molecule has 1 aromatic carbocycles. The summed E-state index contributed by atoms with van der Waals surface area (Å²) in [5.41, 5.74) is 1.10. The number of carbonyl (C=O) groups excluding carboxylic acids is 1. The Bertz CT molecular complexity index is 467. The SMILES string of the molecule is CC(C)CC1CNC(C)(C)CN1C(=O)Cc1ccccc1. The highest BCUT2D eigenvalue weighted by Crippen LogP contribution is 2.21. The molecular formula is C18H28N2O. The van der Waals surface area contributed by atoms with Gasteiger partial charge in [0.25, 0.3) is 0 Å². The minimum absolute atomic E-state index is 0.000171. The lowest BCUT2D eigenvalue weighted by atomic mass is 9.93. The van der Waals surface area contributed by atoms with Gasteiger partial charge in [0.1, 0.15) is 0 Å². The van der Waals surface area contributed by atoms with E-state index in [2.05, 4.69) is 37.9 Å². The average molecular weight is 288 g/mol. The van der Waals surface area contributed by atoms with Crippen LogP contribution in [0.1, 0.15) is 39.7 Å². The first-order chi connectivity index (χ1) is 9.87. The summed E-state index contributed by atoms with van der Waals surface area (Å²) < 4.78 is 0. The number of rotatable bonds is 4. The molecule has 0 aromatic heterocycles. The fraction of sp³-hybridized carbons (Fsp3) is 0.611. The van der Waals surface area contributed by atoms with Crippen LogP contribution in [0.25, 0.3) is 0 Å². The molecule has 1 aromatic rings. The smallest absolute Gasteiger partial charge is 0.227 e. The number of nitrogens with one attached hydrogen (secondary N) is 1. The van der Waals surface area contributed by atoms with E-state index in [0.29, 0.717) is 18.4 Å². The molecule has 1 fully saturated rings. The van der Waals surface area contributed by atoms with Crippen molar-refractivity contribution in [2.24, 2.45) is 5.92 Å². The van der Waals surface area contributed by atoms with Gasteiger partial charge >= 0.3 is 0 Å². The molecule has 1 aliphatic rings. The maximum Gasteiger partial charge on any atom is 0.227 e. The molecule has 1 amide bonds. The van der Waals surface area contributed by atoms with E-state index in [1.165, 1.54) is 0 Å². The van der Waals surface area contributed by atoms with Gasteiger partial charge in [-0.2, -0.15) is 0 Å². The minimum atomic E-state index is -0.000171. The zero-order valence-electron chi connectivity index (χ0n) is 13.7. The molecule has 2 rings (SSSR count). The highest BCUT2D eigenvalue weighted by atomic mass is 16.2. The van der Waals surface area contributed by atoms with Crippen LogP contribution in [0.4, 0.5) is 0 Å². The molecule has 21 heavy (non-hydrogen) atoms. The molecule has 3 nitrogen and oxygen atoms in total. The van der Waals surface area contributed by atoms with Crippen LogP contribution in [0.3, 0.4) is 0 Å². The summed E-state index contributed by atoms with van der Waals surface area (Å²) in [6, 6.07) is 10.4. The standard InChI is InChI=1S/C18H28N2O/c1-14(2)10-16-12-19-18(3,4)13-20(16)17(21)11-15-8-6-5-7-9-15/h5-9,14,16,19H,10-13H2,1-4H3. The van der Waals surface area contributed by atoms with E-state index in [0.717, 1.165) is 25.1 Å². The highest BCUT2D eigenvalue weighted by Gasteiger charge is 2.35. The molecule has 0 aliphatic carbocycles. The monoisotopic (exact) mass is 288 g/mol. The Labute approximate surface area is 128 Å². The first-order valence-corrected chi connectivity index (χ1v) is 7.96. The summed E-state index contributed by atoms with van der Waals surface area (Å²) in [5, 5.41) is 3.57. The topological polar surface area (TPSA) is 32.3 Å². The van der Waals surface area contributed by atoms with Crippen LogP contribution in [0.2, 0.25) is 0 Å². The fourth-order valence-corrected chi connectivity index (χ4v) is 3.03. The van der Waals surface area contributed by atoms with Crippen molar-refractivity contribution in [1.29, 1.82) is 0 Å². The van der Waals surface area contributed by atoms with Crippen molar-refractivity contribution in [3.8, 4) is 0 Å². The number of nitrogens with zero attached hydrogens (tertiary/aromatic N) is 1. The van der Waals surface area contributed by atoms with E-state index in [9.17, 15) is 4.79 Å². The number of amides is 1. The fourth-order valence-electron chi connectivity index (χ4n) is 3.03. The lowest BCUT2D eigenvalue weighted by Gasteiger charge is -2.45. The van der Waals surface area contributed by atoms with Crippen LogP contribution in [0, 0.1) is 5.92 Å². The molecule has 0 saturated carbocycles. The minimum Gasteiger partial charge on any atom is -0.336 e. The van der Waals surface area contributed by atoms with Crippen molar-refractivity contribution < 1.29 is 4.79 Å². The third-order valence-electron chi connectivity index (χ3n) is 4.08. The van der Waals surface area contributed by atoms with E-state index in [4.69, 9.17) is 0 Å².